The number of nitrogens with zero attached hydrogens (tertiary/aromatic N) is 3. The van der Waals surface area contributed by atoms with Crippen LogP contribution in [0, 0.1) is 6.92 Å². The van der Waals surface area contributed by atoms with Crippen LogP contribution >= 0.6 is 0 Å². The predicted octanol–water partition coefficient (Wildman–Crippen LogP) is 12.3. The zero-order valence-corrected chi connectivity index (χ0v) is 29.4. The number of aromatic nitrogens is 3. The van der Waals surface area contributed by atoms with Crippen LogP contribution in [0.3, 0.4) is 0 Å². The van der Waals surface area contributed by atoms with Crippen molar-refractivity contribution >= 4 is 49.9 Å². The molecule has 0 aliphatic rings. The van der Waals surface area contributed by atoms with Gasteiger partial charge in [-0.15, -0.1) is 6.58 Å². The molecule has 0 saturated heterocycles. The number of fused-ring (bicyclic) bond motifs is 5. The fraction of sp³-hybridized carbons (Fsp3) is 0.0426. The van der Waals surface area contributed by atoms with Crippen molar-refractivity contribution in [2.45, 2.75) is 13.8 Å². The second-order valence-corrected chi connectivity index (χ2v) is 12.5. The van der Waals surface area contributed by atoms with Gasteiger partial charge in [-0.1, -0.05) is 115 Å². The Bertz CT molecular complexity index is 2570. The number of benzene rings is 6. The molecule has 0 spiro atoms. The molecule has 52 heavy (non-hydrogen) atoms. The van der Waals surface area contributed by atoms with Crippen LogP contribution in [0.5, 0.6) is 0 Å². The Balaban J connectivity index is 0.000000369. The summed E-state index contributed by atoms with van der Waals surface area (Å²) in [7, 11) is 0. The number of allylic oxidation sites excluding steroid dienone is 1. The summed E-state index contributed by atoms with van der Waals surface area (Å²) in [5.41, 5.74) is 17.7. The lowest BCUT2D eigenvalue weighted by Crippen LogP contribution is -2.02. The second-order valence-electron chi connectivity index (χ2n) is 12.5. The summed E-state index contributed by atoms with van der Waals surface area (Å²) in [4.78, 5) is 4.60. The second kappa shape index (κ2) is 15.4. The maximum atomic E-state index is 7.02. The van der Waals surface area contributed by atoms with Crippen molar-refractivity contribution < 1.29 is 0 Å². The number of nitrogens with one attached hydrogen (secondary N) is 1. The standard InChI is InChI=1S/C37H27N5.C7H8.C3H6/c38-37-35(40-26-13-3-1-4-14-26)30-21-22-33-34(36(30)42(37)27-15-5-2-6-16-27)29-18-7-8-20-32(29)41(33)28-17-11-12-25(24-28)31-19-9-10-23-39-31;1-7-5-3-2-4-6-7;1-3-2/h1-24,40H,38H2;2-6H,1H3;3H,1H2,2H3. The van der Waals surface area contributed by atoms with Crippen LogP contribution in [0.15, 0.2) is 189 Å². The van der Waals surface area contributed by atoms with E-state index in [9.17, 15) is 0 Å². The lowest BCUT2D eigenvalue weighted by Gasteiger charge is -2.11. The zero-order chi connectivity index (χ0) is 35.9. The Labute approximate surface area is 304 Å². The minimum Gasteiger partial charge on any atom is -0.383 e. The number of pyridine rings is 1. The van der Waals surface area contributed by atoms with Crippen LogP contribution in [0.1, 0.15) is 12.5 Å². The Kier molecular flexibility index (Phi) is 9.94. The van der Waals surface area contributed by atoms with Crippen molar-refractivity contribution in [2.75, 3.05) is 11.1 Å². The Hall–Kier alpha value is -6.85. The molecular formula is C47H41N5. The molecule has 0 aliphatic heterocycles. The van der Waals surface area contributed by atoms with E-state index in [1.54, 1.807) is 6.08 Å². The number of nitrogens with two attached hydrogens (primary N) is 1. The highest BCUT2D eigenvalue weighted by atomic mass is 15.1. The highest BCUT2D eigenvalue weighted by Gasteiger charge is 2.23. The average molecular weight is 676 g/mol. The first-order chi connectivity index (χ1) is 25.6. The number of anilines is 3. The summed E-state index contributed by atoms with van der Waals surface area (Å²) < 4.78 is 4.53. The van der Waals surface area contributed by atoms with Crippen molar-refractivity contribution in [2.24, 2.45) is 0 Å². The quantitative estimate of drug-likeness (QED) is 0.179. The van der Waals surface area contributed by atoms with E-state index >= 15 is 0 Å². The molecule has 0 radical (unpaired) electrons. The zero-order valence-electron chi connectivity index (χ0n) is 29.4. The largest absolute Gasteiger partial charge is 0.383 e. The van der Waals surface area contributed by atoms with Gasteiger partial charge in [0, 0.05) is 45.0 Å². The maximum absolute atomic E-state index is 7.02. The molecule has 0 fully saturated rings. The summed E-state index contributed by atoms with van der Waals surface area (Å²) in [6, 6.07) is 58.4. The monoisotopic (exact) mass is 675 g/mol. The molecule has 0 amide bonds. The number of hydrogen-bond donors (Lipinski definition) is 2. The predicted molar refractivity (Wildman–Crippen MR) is 222 cm³/mol. The van der Waals surface area contributed by atoms with E-state index in [4.69, 9.17) is 5.73 Å². The van der Waals surface area contributed by atoms with Gasteiger partial charge in [-0.25, -0.2) is 0 Å². The molecule has 3 N–H and O–H groups in total. The Morgan fingerprint density at radius 2 is 1.25 bits per heavy atom. The van der Waals surface area contributed by atoms with Crippen LogP contribution < -0.4 is 11.1 Å². The number of nitrogen functional groups attached to an aromatic ring is 1. The van der Waals surface area contributed by atoms with Crippen molar-refractivity contribution in [3.05, 3.63) is 194 Å². The highest BCUT2D eigenvalue weighted by Crippen LogP contribution is 2.44. The van der Waals surface area contributed by atoms with Gasteiger partial charge in [-0.3, -0.25) is 9.55 Å². The first-order valence-electron chi connectivity index (χ1n) is 17.4. The summed E-state index contributed by atoms with van der Waals surface area (Å²) >= 11 is 0. The maximum Gasteiger partial charge on any atom is 0.133 e. The smallest absolute Gasteiger partial charge is 0.133 e. The van der Waals surface area contributed by atoms with Crippen LogP contribution in [-0.2, 0) is 0 Å². The van der Waals surface area contributed by atoms with Crippen molar-refractivity contribution in [3.8, 4) is 22.6 Å². The van der Waals surface area contributed by atoms with Crippen LogP contribution in [0.4, 0.5) is 17.2 Å². The number of rotatable bonds is 5. The first kappa shape index (κ1) is 33.6. The topological polar surface area (TPSA) is 60.8 Å². The number of para-hydroxylation sites is 3. The van der Waals surface area contributed by atoms with Crippen LogP contribution in [0.25, 0.3) is 55.3 Å². The first-order valence-corrected chi connectivity index (χ1v) is 17.4. The highest BCUT2D eigenvalue weighted by molar-refractivity contribution is 6.24. The van der Waals surface area contributed by atoms with E-state index in [0.717, 1.165) is 61.3 Å². The van der Waals surface area contributed by atoms with Gasteiger partial charge in [0.25, 0.3) is 0 Å². The normalized spacial score (nSPS) is 10.7. The summed E-state index contributed by atoms with van der Waals surface area (Å²) in [6.07, 6.45) is 3.59. The molecule has 6 aromatic carbocycles. The van der Waals surface area contributed by atoms with Gasteiger partial charge in [0.15, 0.2) is 0 Å². The van der Waals surface area contributed by atoms with E-state index < -0.39 is 0 Å². The molecule has 0 bridgehead atoms. The molecule has 5 heteroatoms. The summed E-state index contributed by atoms with van der Waals surface area (Å²) in [5, 5.41) is 7.01. The van der Waals surface area contributed by atoms with E-state index in [1.807, 2.05) is 73.8 Å². The Morgan fingerprint density at radius 3 is 1.92 bits per heavy atom. The minimum absolute atomic E-state index is 0.668. The van der Waals surface area contributed by atoms with E-state index in [0.29, 0.717) is 5.82 Å². The van der Waals surface area contributed by atoms with Gasteiger partial charge in [0.2, 0.25) is 0 Å². The van der Waals surface area contributed by atoms with Gasteiger partial charge < -0.3 is 15.6 Å². The van der Waals surface area contributed by atoms with E-state index in [2.05, 4.69) is 142 Å². The third kappa shape index (κ3) is 6.68. The molecule has 0 unspecified atom stereocenters. The van der Waals surface area contributed by atoms with Gasteiger partial charge in [0.1, 0.15) is 5.82 Å². The molecule has 0 aliphatic carbocycles. The molecule has 0 saturated carbocycles. The van der Waals surface area contributed by atoms with Gasteiger partial charge in [-0.05, 0) is 80.6 Å². The van der Waals surface area contributed by atoms with Crippen molar-refractivity contribution in [1.29, 1.82) is 0 Å². The lowest BCUT2D eigenvalue weighted by atomic mass is 10.1. The van der Waals surface area contributed by atoms with Gasteiger partial charge in [0.05, 0.1) is 27.9 Å². The molecular weight excluding hydrogens is 635 g/mol. The summed E-state index contributed by atoms with van der Waals surface area (Å²) in [6.45, 7) is 7.33. The Morgan fingerprint density at radius 1 is 0.615 bits per heavy atom. The SMILES string of the molecule is C=CC.Cc1ccccc1.Nc1c(Nc2ccccc2)c2ccc3c(c4ccccc4n3-c3cccc(-c4ccccn4)c3)c2n1-c1ccccc1. The molecule has 3 heterocycles. The van der Waals surface area contributed by atoms with Gasteiger partial charge >= 0.3 is 0 Å². The third-order valence-electron chi connectivity index (χ3n) is 8.86. The van der Waals surface area contributed by atoms with Crippen molar-refractivity contribution in [3.63, 3.8) is 0 Å². The van der Waals surface area contributed by atoms with Crippen molar-refractivity contribution in [1.82, 2.24) is 14.1 Å². The molecule has 3 aromatic heterocycles. The van der Waals surface area contributed by atoms with Gasteiger partial charge in [-0.2, -0.15) is 0 Å². The van der Waals surface area contributed by atoms with E-state index in [1.165, 1.54) is 10.9 Å². The molecule has 0 atom stereocenters. The fourth-order valence-electron chi connectivity index (χ4n) is 6.64. The molecule has 5 nitrogen and oxygen atoms in total. The number of hydrogen-bond acceptors (Lipinski definition) is 3. The average Bonchev–Trinajstić information content (AvgIpc) is 3.68. The third-order valence-corrected chi connectivity index (χ3v) is 8.86. The summed E-state index contributed by atoms with van der Waals surface area (Å²) in [5.74, 6) is 0.668. The van der Waals surface area contributed by atoms with E-state index in [-0.39, 0.29) is 0 Å². The molecule has 254 valence electrons. The molecule has 9 rings (SSSR count). The number of aryl methyl sites for hydroxylation is 1. The lowest BCUT2D eigenvalue weighted by molar-refractivity contribution is 1.14. The fourth-order valence-corrected chi connectivity index (χ4v) is 6.64. The minimum atomic E-state index is 0.668. The van der Waals surface area contributed by atoms with Crippen LogP contribution in [0.2, 0.25) is 0 Å². The van der Waals surface area contributed by atoms with Crippen LogP contribution in [-0.4, -0.2) is 14.1 Å². The molecule has 9 aromatic rings.